The highest BCUT2D eigenvalue weighted by atomic mass is 16.2. The molecule has 3 amide bonds. The number of nitrogens with zero attached hydrogens (tertiary/aromatic N) is 2. The molecule has 0 aromatic heterocycles. The Balaban J connectivity index is 1.36. The maximum atomic E-state index is 12.8. The van der Waals surface area contributed by atoms with E-state index in [-0.39, 0.29) is 17.9 Å². The van der Waals surface area contributed by atoms with Gasteiger partial charge in [0, 0.05) is 38.3 Å². The molecule has 3 aliphatic heterocycles. The first-order chi connectivity index (χ1) is 12.2. The van der Waals surface area contributed by atoms with Crippen molar-refractivity contribution in [2.75, 3.05) is 32.7 Å². The van der Waals surface area contributed by atoms with Gasteiger partial charge in [0.05, 0.1) is 5.92 Å². The van der Waals surface area contributed by atoms with Crippen LogP contribution in [0.3, 0.4) is 0 Å². The van der Waals surface area contributed by atoms with E-state index in [1.54, 1.807) is 4.90 Å². The standard InChI is InChI=1S/C19H26N4O2/c24-18(20-8-11-22-12-9-21-19(22)25)15-13-17(14-5-2-1-3-6-14)23-10-4-7-16(15)23/h1-3,5-6,15-17H,4,7-13H2,(H,20,24)(H,21,25)/t15-,16+,17-/m0/s1. The van der Waals surface area contributed by atoms with E-state index >= 15 is 0 Å². The summed E-state index contributed by atoms with van der Waals surface area (Å²) in [5.41, 5.74) is 1.32. The number of fused-ring (bicyclic) bond motifs is 1. The van der Waals surface area contributed by atoms with Crippen molar-refractivity contribution in [3.05, 3.63) is 35.9 Å². The van der Waals surface area contributed by atoms with E-state index in [1.807, 2.05) is 6.07 Å². The number of rotatable bonds is 5. The largest absolute Gasteiger partial charge is 0.354 e. The Bertz CT molecular complexity index is 636. The van der Waals surface area contributed by atoms with Gasteiger partial charge in [-0.05, 0) is 31.4 Å². The molecule has 6 nitrogen and oxygen atoms in total. The molecule has 3 saturated heterocycles. The molecule has 0 aliphatic carbocycles. The molecule has 0 spiro atoms. The molecule has 1 aromatic rings. The number of benzene rings is 1. The van der Waals surface area contributed by atoms with Crippen LogP contribution in [0.1, 0.15) is 30.9 Å². The van der Waals surface area contributed by atoms with Gasteiger partial charge < -0.3 is 15.5 Å². The van der Waals surface area contributed by atoms with Gasteiger partial charge in [0.1, 0.15) is 0 Å². The third-order valence-corrected chi connectivity index (χ3v) is 5.83. The van der Waals surface area contributed by atoms with Gasteiger partial charge in [0.25, 0.3) is 0 Å². The minimum atomic E-state index is -0.0266. The summed E-state index contributed by atoms with van der Waals surface area (Å²) < 4.78 is 0. The van der Waals surface area contributed by atoms with Gasteiger partial charge in [0.2, 0.25) is 5.91 Å². The highest BCUT2D eigenvalue weighted by molar-refractivity contribution is 5.80. The average Bonchev–Trinajstić information content (AvgIpc) is 3.32. The van der Waals surface area contributed by atoms with Crippen LogP contribution in [-0.2, 0) is 4.79 Å². The van der Waals surface area contributed by atoms with Crippen molar-refractivity contribution < 1.29 is 9.59 Å². The molecular formula is C19H26N4O2. The molecular weight excluding hydrogens is 316 g/mol. The highest BCUT2D eigenvalue weighted by Gasteiger charge is 2.46. The predicted octanol–water partition coefficient (Wildman–Crippen LogP) is 1.35. The quantitative estimate of drug-likeness (QED) is 0.849. The zero-order valence-electron chi connectivity index (χ0n) is 14.5. The van der Waals surface area contributed by atoms with Crippen LogP contribution in [0.5, 0.6) is 0 Å². The summed E-state index contributed by atoms with van der Waals surface area (Å²) in [6, 6.07) is 11.2. The molecule has 2 N–H and O–H groups in total. The Morgan fingerprint density at radius 3 is 2.84 bits per heavy atom. The second-order valence-electron chi connectivity index (χ2n) is 7.23. The topological polar surface area (TPSA) is 64.7 Å². The van der Waals surface area contributed by atoms with E-state index in [1.165, 1.54) is 12.0 Å². The smallest absolute Gasteiger partial charge is 0.317 e. The maximum absolute atomic E-state index is 12.8. The monoisotopic (exact) mass is 342 g/mol. The van der Waals surface area contributed by atoms with Crippen LogP contribution in [0.4, 0.5) is 4.79 Å². The van der Waals surface area contributed by atoms with Crippen LogP contribution in [0, 0.1) is 5.92 Å². The Kier molecular flexibility index (Phi) is 4.61. The van der Waals surface area contributed by atoms with Crippen LogP contribution in [0.2, 0.25) is 0 Å². The maximum Gasteiger partial charge on any atom is 0.317 e. The van der Waals surface area contributed by atoms with Crippen LogP contribution in [-0.4, -0.2) is 60.5 Å². The van der Waals surface area contributed by atoms with Crippen molar-refractivity contribution in [2.45, 2.75) is 31.3 Å². The van der Waals surface area contributed by atoms with Gasteiger partial charge in [-0.25, -0.2) is 4.79 Å². The lowest BCUT2D eigenvalue weighted by atomic mass is 9.93. The first-order valence-electron chi connectivity index (χ1n) is 9.35. The summed E-state index contributed by atoms with van der Waals surface area (Å²) in [5, 5.41) is 5.85. The molecule has 25 heavy (non-hydrogen) atoms. The van der Waals surface area contributed by atoms with E-state index in [0.717, 1.165) is 25.9 Å². The van der Waals surface area contributed by atoms with Crippen LogP contribution in [0.15, 0.2) is 30.3 Å². The molecule has 3 atom stereocenters. The van der Waals surface area contributed by atoms with Gasteiger partial charge >= 0.3 is 6.03 Å². The van der Waals surface area contributed by atoms with Crippen molar-refractivity contribution >= 4 is 11.9 Å². The molecule has 1 aromatic carbocycles. The SMILES string of the molecule is O=C(NCCN1CCNC1=O)[C@H]1C[C@@H](c2ccccc2)N2CCC[C@H]12. The zero-order chi connectivity index (χ0) is 17.2. The Morgan fingerprint density at radius 1 is 1.24 bits per heavy atom. The van der Waals surface area contributed by atoms with Gasteiger partial charge in [-0.1, -0.05) is 30.3 Å². The molecule has 3 heterocycles. The van der Waals surface area contributed by atoms with Gasteiger partial charge in [-0.15, -0.1) is 0 Å². The molecule has 134 valence electrons. The Morgan fingerprint density at radius 2 is 2.08 bits per heavy atom. The first-order valence-corrected chi connectivity index (χ1v) is 9.35. The molecule has 0 saturated carbocycles. The lowest BCUT2D eigenvalue weighted by Gasteiger charge is -2.24. The van der Waals surface area contributed by atoms with Gasteiger partial charge in [0.15, 0.2) is 0 Å². The van der Waals surface area contributed by atoms with Crippen LogP contribution in [0.25, 0.3) is 0 Å². The summed E-state index contributed by atoms with van der Waals surface area (Å²) >= 11 is 0. The molecule has 6 heteroatoms. The number of carbonyl (C=O) groups excluding carboxylic acids is 2. The molecule has 3 fully saturated rings. The minimum Gasteiger partial charge on any atom is -0.354 e. The van der Waals surface area contributed by atoms with Crippen molar-refractivity contribution in [3.8, 4) is 0 Å². The predicted molar refractivity (Wildman–Crippen MR) is 95.0 cm³/mol. The lowest BCUT2D eigenvalue weighted by Crippen LogP contribution is -2.41. The lowest BCUT2D eigenvalue weighted by molar-refractivity contribution is -0.125. The van der Waals surface area contributed by atoms with Crippen LogP contribution >= 0.6 is 0 Å². The zero-order valence-corrected chi connectivity index (χ0v) is 14.5. The average molecular weight is 342 g/mol. The molecule has 0 radical (unpaired) electrons. The number of hydrogen-bond donors (Lipinski definition) is 2. The Hall–Kier alpha value is -2.08. The number of carbonyl (C=O) groups is 2. The summed E-state index contributed by atoms with van der Waals surface area (Å²) in [4.78, 5) is 28.6. The van der Waals surface area contributed by atoms with E-state index in [0.29, 0.717) is 31.7 Å². The van der Waals surface area contributed by atoms with Crippen molar-refractivity contribution in [3.63, 3.8) is 0 Å². The van der Waals surface area contributed by atoms with Gasteiger partial charge in [-0.3, -0.25) is 9.69 Å². The molecule has 0 bridgehead atoms. The molecule has 4 rings (SSSR count). The molecule has 3 aliphatic rings. The summed E-state index contributed by atoms with van der Waals surface area (Å²) in [6.07, 6.45) is 3.17. The third kappa shape index (κ3) is 3.23. The Labute approximate surface area is 148 Å². The fraction of sp³-hybridized carbons (Fsp3) is 0.579. The van der Waals surface area contributed by atoms with Crippen LogP contribution < -0.4 is 10.6 Å². The fourth-order valence-electron chi connectivity index (χ4n) is 4.62. The number of urea groups is 1. The van der Waals surface area contributed by atoms with Crippen molar-refractivity contribution in [2.24, 2.45) is 5.92 Å². The van der Waals surface area contributed by atoms with Gasteiger partial charge in [-0.2, -0.15) is 0 Å². The molecule has 0 unspecified atom stereocenters. The van der Waals surface area contributed by atoms with E-state index in [2.05, 4.69) is 39.8 Å². The normalized spacial score (nSPS) is 28.9. The second kappa shape index (κ2) is 7.04. The number of amides is 3. The summed E-state index contributed by atoms with van der Waals surface area (Å²) in [7, 11) is 0. The highest BCUT2D eigenvalue weighted by Crippen LogP contribution is 2.44. The number of nitrogens with one attached hydrogen (secondary N) is 2. The minimum absolute atomic E-state index is 0.0266. The summed E-state index contributed by atoms with van der Waals surface area (Å²) in [5.74, 6) is 0.204. The van der Waals surface area contributed by atoms with E-state index in [9.17, 15) is 9.59 Å². The van der Waals surface area contributed by atoms with E-state index in [4.69, 9.17) is 0 Å². The van der Waals surface area contributed by atoms with E-state index < -0.39 is 0 Å². The second-order valence-corrected chi connectivity index (χ2v) is 7.23. The number of hydrogen-bond acceptors (Lipinski definition) is 3. The first kappa shape index (κ1) is 16.4. The third-order valence-electron chi connectivity index (χ3n) is 5.83. The van der Waals surface area contributed by atoms with Crippen molar-refractivity contribution in [1.82, 2.24) is 20.4 Å². The fourth-order valence-corrected chi connectivity index (χ4v) is 4.62. The summed E-state index contributed by atoms with van der Waals surface area (Å²) in [6.45, 7) is 3.63. The van der Waals surface area contributed by atoms with Crippen molar-refractivity contribution in [1.29, 1.82) is 0 Å².